The topological polar surface area (TPSA) is 29.3 Å². The molecule has 2 nitrogen and oxygen atoms in total. The van der Waals surface area contributed by atoms with Crippen molar-refractivity contribution in [2.75, 3.05) is 13.1 Å². The minimum atomic E-state index is 0.184. The highest BCUT2D eigenvalue weighted by Crippen LogP contribution is 2.33. The van der Waals surface area contributed by atoms with E-state index in [0.717, 1.165) is 5.92 Å². The number of nitrogens with two attached hydrogens (primary N) is 1. The van der Waals surface area contributed by atoms with Gasteiger partial charge in [0.15, 0.2) is 0 Å². The van der Waals surface area contributed by atoms with E-state index in [2.05, 4.69) is 46.1 Å². The number of nitrogens with zero attached hydrogens (tertiary/aromatic N) is 1. The Labute approximate surface area is 123 Å². The van der Waals surface area contributed by atoms with Gasteiger partial charge in [0.25, 0.3) is 0 Å². The van der Waals surface area contributed by atoms with Gasteiger partial charge < -0.3 is 5.73 Å². The zero-order valence-electron chi connectivity index (χ0n) is 11.2. The van der Waals surface area contributed by atoms with Crippen molar-refractivity contribution in [3.05, 3.63) is 20.8 Å². The molecule has 0 spiro atoms. The van der Waals surface area contributed by atoms with Gasteiger partial charge in [-0.1, -0.05) is 6.92 Å². The van der Waals surface area contributed by atoms with Crippen LogP contribution in [0.15, 0.2) is 15.9 Å². The lowest BCUT2D eigenvalue weighted by Gasteiger charge is -2.32. The molecule has 3 unspecified atom stereocenters. The minimum absolute atomic E-state index is 0.184. The molecule has 2 N–H and O–H groups in total. The van der Waals surface area contributed by atoms with Gasteiger partial charge in [-0.25, -0.2) is 0 Å². The van der Waals surface area contributed by atoms with E-state index in [0.29, 0.717) is 6.04 Å². The van der Waals surface area contributed by atoms with Crippen molar-refractivity contribution in [2.24, 2.45) is 11.7 Å². The summed E-state index contributed by atoms with van der Waals surface area (Å²) in [6.07, 6.45) is 3.96. The van der Waals surface area contributed by atoms with Crippen LogP contribution in [0.25, 0.3) is 0 Å². The highest BCUT2D eigenvalue weighted by molar-refractivity contribution is 9.10. The molecule has 1 aliphatic heterocycles. The maximum atomic E-state index is 6.24. The van der Waals surface area contributed by atoms with Crippen LogP contribution in [0, 0.1) is 5.92 Å². The van der Waals surface area contributed by atoms with Crippen molar-refractivity contribution in [1.82, 2.24) is 4.90 Å². The molecule has 0 aromatic carbocycles. The number of thiophene rings is 1. The number of hydrogen-bond acceptors (Lipinski definition) is 3. The monoisotopic (exact) mass is 330 g/mol. The van der Waals surface area contributed by atoms with Crippen molar-refractivity contribution in [1.29, 1.82) is 0 Å². The number of hydrogen-bond donors (Lipinski definition) is 1. The summed E-state index contributed by atoms with van der Waals surface area (Å²) in [5, 5.41) is 2.16. The highest BCUT2D eigenvalue weighted by Gasteiger charge is 2.27. The van der Waals surface area contributed by atoms with Gasteiger partial charge in [0.05, 0.1) is 6.04 Å². The zero-order valence-corrected chi connectivity index (χ0v) is 13.6. The Hall–Kier alpha value is 0.1000. The summed E-state index contributed by atoms with van der Waals surface area (Å²) in [5.74, 6) is 0.860. The summed E-state index contributed by atoms with van der Waals surface area (Å²) in [5.41, 5.74) is 6.24. The molecule has 1 saturated heterocycles. The largest absolute Gasteiger partial charge is 0.326 e. The molecule has 18 heavy (non-hydrogen) atoms. The van der Waals surface area contributed by atoms with Crippen LogP contribution >= 0.6 is 27.3 Å². The van der Waals surface area contributed by atoms with Gasteiger partial charge in [-0.3, -0.25) is 4.90 Å². The molecular formula is C14H23BrN2S. The summed E-state index contributed by atoms with van der Waals surface area (Å²) >= 11 is 5.37. The summed E-state index contributed by atoms with van der Waals surface area (Å²) in [6, 6.07) is 2.79. The fourth-order valence-electron chi connectivity index (χ4n) is 2.82. The smallest absolute Gasteiger partial charge is 0.0591 e. The molecule has 1 aromatic rings. The third-order valence-electron chi connectivity index (χ3n) is 3.82. The lowest BCUT2D eigenvalue weighted by atomic mass is 10.0. The van der Waals surface area contributed by atoms with Crippen LogP contribution in [0.1, 0.15) is 44.0 Å². The first-order chi connectivity index (χ1) is 8.58. The van der Waals surface area contributed by atoms with Crippen LogP contribution in [0.2, 0.25) is 0 Å². The van der Waals surface area contributed by atoms with E-state index in [-0.39, 0.29) is 6.04 Å². The second kappa shape index (κ2) is 6.51. The van der Waals surface area contributed by atoms with E-state index in [1.54, 1.807) is 0 Å². The summed E-state index contributed by atoms with van der Waals surface area (Å²) in [7, 11) is 0. The van der Waals surface area contributed by atoms with Crippen molar-refractivity contribution < 1.29 is 0 Å². The Morgan fingerprint density at radius 1 is 1.44 bits per heavy atom. The van der Waals surface area contributed by atoms with Gasteiger partial charge in [-0.05, 0) is 67.2 Å². The molecule has 3 atom stereocenters. The van der Waals surface area contributed by atoms with Crippen LogP contribution in [0.5, 0.6) is 0 Å². The second-order valence-electron chi connectivity index (χ2n) is 5.54. The lowest BCUT2D eigenvalue weighted by Crippen LogP contribution is -2.39. The van der Waals surface area contributed by atoms with Crippen LogP contribution in [0.4, 0.5) is 0 Å². The van der Waals surface area contributed by atoms with E-state index in [9.17, 15) is 0 Å². The van der Waals surface area contributed by atoms with Gasteiger partial charge >= 0.3 is 0 Å². The Kier molecular flexibility index (Phi) is 5.24. The number of halogens is 1. The summed E-state index contributed by atoms with van der Waals surface area (Å²) in [4.78, 5) is 3.98. The molecule has 0 saturated carbocycles. The third kappa shape index (κ3) is 3.56. The molecule has 1 aliphatic rings. The molecule has 102 valence electrons. The van der Waals surface area contributed by atoms with Crippen molar-refractivity contribution in [3.8, 4) is 0 Å². The second-order valence-corrected chi connectivity index (χ2v) is 7.40. The molecule has 0 bridgehead atoms. The van der Waals surface area contributed by atoms with Crippen molar-refractivity contribution >= 4 is 27.3 Å². The zero-order chi connectivity index (χ0) is 13.1. The normalized spacial score (nSPS) is 25.7. The van der Waals surface area contributed by atoms with E-state index < -0.39 is 0 Å². The van der Waals surface area contributed by atoms with Crippen LogP contribution in [0.3, 0.4) is 0 Å². The first-order valence-electron chi connectivity index (χ1n) is 6.81. The Morgan fingerprint density at radius 3 is 2.83 bits per heavy atom. The van der Waals surface area contributed by atoms with Crippen molar-refractivity contribution in [3.63, 3.8) is 0 Å². The molecule has 0 amide bonds. The molecule has 0 radical (unpaired) electrons. The van der Waals surface area contributed by atoms with Gasteiger partial charge in [0, 0.05) is 20.8 Å². The lowest BCUT2D eigenvalue weighted by molar-refractivity contribution is 0.184. The molecule has 0 aliphatic carbocycles. The maximum Gasteiger partial charge on any atom is 0.0591 e. The summed E-state index contributed by atoms with van der Waals surface area (Å²) < 4.78 is 1.18. The number of rotatable bonds is 3. The maximum absolute atomic E-state index is 6.24. The third-order valence-corrected chi connectivity index (χ3v) is 5.59. The Bertz CT molecular complexity index is 378. The quantitative estimate of drug-likeness (QED) is 0.906. The Morgan fingerprint density at radius 2 is 2.22 bits per heavy atom. The van der Waals surface area contributed by atoms with E-state index in [4.69, 9.17) is 5.73 Å². The molecule has 1 fully saturated rings. The van der Waals surface area contributed by atoms with E-state index in [1.165, 1.54) is 41.7 Å². The minimum Gasteiger partial charge on any atom is -0.326 e. The van der Waals surface area contributed by atoms with Gasteiger partial charge in [-0.15, -0.1) is 11.3 Å². The van der Waals surface area contributed by atoms with Crippen molar-refractivity contribution in [2.45, 2.75) is 45.2 Å². The van der Waals surface area contributed by atoms with Crippen LogP contribution < -0.4 is 5.73 Å². The molecule has 2 heterocycles. The molecule has 4 heteroatoms. The predicted molar refractivity (Wildman–Crippen MR) is 83.0 cm³/mol. The van der Waals surface area contributed by atoms with Gasteiger partial charge in [0.1, 0.15) is 0 Å². The molecular weight excluding hydrogens is 308 g/mol. The highest BCUT2D eigenvalue weighted by atomic mass is 79.9. The van der Waals surface area contributed by atoms with E-state index in [1.807, 2.05) is 11.3 Å². The van der Waals surface area contributed by atoms with Crippen LogP contribution in [-0.2, 0) is 0 Å². The molecule has 2 rings (SSSR count). The average molecular weight is 331 g/mol. The summed E-state index contributed by atoms with van der Waals surface area (Å²) in [6.45, 7) is 6.87. The van der Waals surface area contributed by atoms with Gasteiger partial charge in [0.2, 0.25) is 0 Å². The predicted octanol–water partition coefficient (Wildman–Crippen LogP) is 4.02. The molecule has 1 aromatic heterocycles. The fraction of sp³-hybridized carbons (Fsp3) is 0.714. The van der Waals surface area contributed by atoms with Gasteiger partial charge in [-0.2, -0.15) is 0 Å². The van der Waals surface area contributed by atoms with E-state index >= 15 is 0 Å². The first-order valence-corrected chi connectivity index (χ1v) is 8.48. The van der Waals surface area contributed by atoms with Crippen LogP contribution in [-0.4, -0.2) is 24.0 Å². The fourth-order valence-corrected chi connectivity index (χ4v) is 4.51. The first kappa shape index (κ1) is 14.5. The Balaban J connectivity index is 2.14. The number of likely N-dealkylation sites (tertiary alicyclic amines) is 1. The standard InChI is InChI=1S/C14H23BrN2S/c1-10-4-3-6-17(7-5-10)14(11(2)16)13-8-12(15)9-18-13/h8-11,14H,3-7,16H2,1-2H3. The average Bonchev–Trinajstić information content (AvgIpc) is 2.60. The SMILES string of the molecule is CC1CCCN(C(c2cc(Br)cs2)C(C)N)CC1.